The maximum absolute atomic E-state index is 12.2. The number of amidine groups is 1. The van der Waals surface area contributed by atoms with Crippen molar-refractivity contribution in [3.63, 3.8) is 0 Å². The molecule has 0 atom stereocenters. The summed E-state index contributed by atoms with van der Waals surface area (Å²) in [5.74, 6) is 2.39. The highest BCUT2D eigenvalue weighted by Crippen LogP contribution is 2.37. The summed E-state index contributed by atoms with van der Waals surface area (Å²) in [7, 11) is 0. The zero-order valence-corrected chi connectivity index (χ0v) is 19.9. The average molecular weight is 453 g/mol. The molecule has 4 rings (SSSR count). The third-order valence-electron chi connectivity index (χ3n) is 5.42. The van der Waals surface area contributed by atoms with Crippen molar-refractivity contribution >= 4 is 18.3 Å². The average Bonchev–Trinajstić information content (AvgIpc) is 3.01. The van der Waals surface area contributed by atoms with Crippen LogP contribution in [0, 0.1) is 0 Å². The molecule has 1 fully saturated rings. The van der Waals surface area contributed by atoms with Gasteiger partial charge in [0.25, 0.3) is 0 Å². The van der Waals surface area contributed by atoms with E-state index in [1.54, 1.807) is 4.90 Å². The van der Waals surface area contributed by atoms with E-state index >= 15 is 0 Å². The maximum Gasteiger partial charge on any atom is 0.410 e. The van der Waals surface area contributed by atoms with Crippen LogP contribution < -0.4 is 10.5 Å². The van der Waals surface area contributed by atoms with Gasteiger partial charge >= 0.3 is 6.09 Å². The van der Waals surface area contributed by atoms with E-state index in [0.29, 0.717) is 37.8 Å². The molecule has 1 saturated heterocycles. The Labute approximate surface area is 194 Å². The normalized spacial score (nSPS) is 16.8. The smallest absolute Gasteiger partial charge is 0.410 e. The number of carbonyl (C=O) groups is 1. The molecule has 0 spiro atoms. The van der Waals surface area contributed by atoms with Crippen molar-refractivity contribution in [1.82, 2.24) is 14.5 Å². The van der Waals surface area contributed by atoms with Crippen molar-refractivity contribution in [2.24, 2.45) is 15.7 Å². The topological polar surface area (TPSA) is 107 Å². The number of aromatic nitrogens is 2. The van der Waals surface area contributed by atoms with E-state index in [4.69, 9.17) is 20.2 Å². The fourth-order valence-corrected chi connectivity index (χ4v) is 3.91. The molecule has 1 aromatic carbocycles. The number of fused-ring (bicyclic) bond motifs is 3. The van der Waals surface area contributed by atoms with Gasteiger partial charge in [-0.05, 0) is 52.3 Å². The number of aliphatic imine (C=N–C) groups is 2. The summed E-state index contributed by atoms with van der Waals surface area (Å²) in [4.78, 5) is 27.5. The van der Waals surface area contributed by atoms with Gasteiger partial charge in [-0.1, -0.05) is 6.07 Å². The number of ether oxygens (including phenoxy) is 2. The van der Waals surface area contributed by atoms with E-state index in [2.05, 4.69) is 26.7 Å². The first-order valence-corrected chi connectivity index (χ1v) is 11.3. The molecule has 33 heavy (non-hydrogen) atoms. The van der Waals surface area contributed by atoms with Gasteiger partial charge in [-0.2, -0.15) is 0 Å². The Balaban J connectivity index is 1.55. The Morgan fingerprint density at radius 1 is 1.33 bits per heavy atom. The summed E-state index contributed by atoms with van der Waals surface area (Å²) in [6.07, 6.45) is 2.92. The minimum atomic E-state index is -0.490. The molecule has 2 aliphatic heterocycles. The van der Waals surface area contributed by atoms with Gasteiger partial charge in [0.1, 0.15) is 29.5 Å². The highest BCUT2D eigenvalue weighted by atomic mass is 16.6. The van der Waals surface area contributed by atoms with Gasteiger partial charge in [-0.25, -0.2) is 14.8 Å². The van der Waals surface area contributed by atoms with Crippen LogP contribution in [-0.2, 0) is 11.3 Å². The third kappa shape index (κ3) is 5.02. The van der Waals surface area contributed by atoms with Crippen molar-refractivity contribution in [3.05, 3.63) is 35.7 Å². The number of amides is 1. The molecule has 0 aliphatic carbocycles. The lowest BCUT2D eigenvalue weighted by Crippen LogP contribution is -2.50. The highest BCUT2D eigenvalue weighted by molar-refractivity contribution is 6.01. The molecule has 2 aromatic rings. The minimum Gasteiger partial charge on any atom is -0.491 e. The van der Waals surface area contributed by atoms with Crippen LogP contribution in [0.4, 0.5) is 4.79 Å². The van der Waals surface area contributed by atoms with Gasteiger partial charge in [0.05, 0.1) is 18.4 Å². The molecule has 0 saturated carbocycles. The summed E-state index contributed by atoms with van der Waals surface area (Å²) in [5, 5.41) is 0. The summed E-state index contributed by atoms with van der Waals surface area (Å²) >= 11 is 0. The van der Waals surface area contributed by atoms with E-state index in [1.807, 2.05) is 46.9 Å². The lowest BCUT2D eigenvalue weighted by molar-refractivity contribution is 0.00819. The number of nitrogens with zero attached hydrogens (tertiary/aromatic N) is 5. The molecule has 3 heterocycles. The number of likely N-dealkylation sites (tertiary alicyclic amines) is 1. The lowest BCUT2D eigenvalue weighted by atomic mass is 9.91. The molecule has 176 valence electrons. The summed E-state index contributed by atoms with van der Waals surface area (Å²) < 4.78 is 13.6. The first-order valence-electron chi connectivity index (χ1n) is 11.3. The Morgan fingerprint density at radius 2 is 2.09 bits per heavy atom. The van der Waals surface area contributed by atoms with Crippen molar-refractivity contribution in [3.8, 4) is 17.1 Å². The molecule has 1 amide bonds. The van der Waals surface area contributed by atoms with Crippen LogP contribution in [0.5, 0.6) is 5.75 Å². The van der Waals surface area contributed by atoms with Crippen LogP contribution in [-0.4, -0.2) is 64.1 Å². The summed E-state index contributed by atoms with van der Waals surface area (Å²) in [5.41, 5.74) is 7.79. The van der Waals surface area contributed by atoms with Crippen LogP contribution in [0.15, 0.2) is 34.4 Å². The number of carbonyl (C=O) groups excluding carboxylic acids is 1. The highest BCUT2D eigenvalue weighted by Gasteiger charge is 2.35. The molecule has 0 bridgehead atoms. The quantitative estimate of drug-likeness (QED) is 0.567. The molecular formula is C24H32N6O3. The molecular weight excluding hydrogens is 420 g/mol. The summed E-state index contributed by atoms with van der Waals surface area (Å²) in [6, 6.07) is 6.27. The van der Waals surface area contributed by atoms with Crippen LogP contribution in [0.2, 0.25) is 0 Å². The number of nitrogens with two attached hydrogens (primary N) is 1. The van der Waals surface area contributed by atoms with E-state index in [9.17, 15) is 4.79 Å². The largest absolute Gasteiger partial charge is 0.491 e. The Kier molecular flexibility index (Phi) is 6.14. The molecule has 9 heteroatoms. The molecule has 2 aliphatic rings. The van der Waals surface area contributed by atoms with Crippen LogP contribution in [0.1, 0.15) is 51.8 Å². The van der Waals surface area contributed by atoms with Crippen LogP contribution >= 0.6 is 0 Å². The predicted molar refractivity (Wildman–Crippen MR) is 128 cm³/mol. The van der Waals surface area contributed by atoms with Crippen molar-refractivity contribution in [2.45, 2.75) is 58.7 Å². The molecule has 0 unspecified atom stereocenters. The van der Waals surface area contributed by atoms with E-state index in [1.165, 1.54) is 6.34 Å². The fraction of sp³-hybridized carbons (Fsp3) is 0.500. The van der Waals surface area contributed by atoms with Gasteiger partial charge in [0.2, 0.25) is 0 Å². The number of imidazole rings is 1. The van der Waals surface area contributed by atoms with Crippen LogP contribution in [0.25, 0.3) is 11.4 Å². The zero-order chi connectivity index (χ0) is 23.8. The van der Waals surface area contributed by atoms with Crippen molar-refractivity contribution in [1.29, 1.82) is 0 Å². The standard InChI is InChI=1S/C24H32N6O3/c1-15(2)27-21(26-14-25)19-13-29-8-9-32-20-10-16(6-7-18(20)22(29)28-19)17-11-30(12-17)23(31)33-24(3,4)5/h6-7,10,13-15,17H,8-9,11-12H2,1-5H3,(H2,25,26,27). The predicted octanol–water partition coefficient (Wildman–Crippen LogP) is 3.42. The van der Waals surface area contributed by atoms with E-state index < -0.39 is 5.60 Å². The number of rotatable bonds is 3. The van der Waals surface area contributed by atoms with Gasteiger partial charge in [0, 0.05) is 31.2 Å². The first-order chi connectivity index (χ1) is 15.6. The van der Waals surface area contributed by atoms with E-state index in [-0.39, 0.29) is 18.1 Å². The van der Waals surface area contributed by atoms with E-state index in [0.717, 1.165) is 22.7 Å². The fourth-order valence-electron chi connectivity index (χ4n) is 3.91. The lowest BCUT2D eigenvalue weighted by Gasteiger charge is -2.40. The van der Waals surface area contributed by atoms with Gasteiger partial charge in [0.15, 0.2) is 5.84 Å². The number of benzene rings is 1. The first kappa shape index (κ1) is 22.8. The molecule has 1 aromatic heterocycles. The van der Waals surface area contributed by atoms with Crippen LogP contribution in [0.3, 0.4) is 0 Å². The van der Waals surface area contributed by atoms with Gasteiger partial charge in [-0.3, -0.25) is 4.99 Å². The van der Waals surface area contributed by atoms with Gasteiger partial charge in [-0.15, -0.1) is 0 Å². The third-order valence-corrected chi connectivity index (χ3v) is 5.42. The summed E-state index contributed by atoms with van der Waals surface area (Å²) in [6.45, 7) is 12.1. The monoisotopic (exact) mass is 452 g/mol. The number of hydrogen-bond donors (Lipinski definition) is 1. The Morgan fingerprint density at radius 3 is 2.76 bits per heavy atom. The SMILES string of the molecule is CC(C)N=C(N=CN)c1cn2c(n1)-c1ccc(C3CN(C(=O)OC(C)(C)C)C3)cc1OCC2. The second kappa shape index (κ2) is 8.88. The molecule has 2 N–H and O–H groups in total. The Hall–Kier alpha value is -3.36. The minimum absolute atomic E-state index is 0.0751. The van der Waals surface area contributed by atoms with Crippen molar-refractivity contribution in [2.75, 3.05) is 19.7 Å². The Bertz CT molecular complexity index is 1090. The molecule has 9 nitrogen and oxygen atoms in total. The second-order valence-electron chi connectivity index (χ2n) is 9.65. The van der Waals surface area contributed by atoms with Crippen molar-refractivity contribution < 1.29 is 14.3 Å². The molecule has 0 radical (unpaired) electrons. The number of hydrogen-bond acceptors (Lipinski definition) is 5. The van der Waals surface area contributed by atoms with Gasteiger partial charge < -0.3 is 24.7 Å². The maximum atomic E-state index is 12.2. The second-order valence-corrected chi connectivity index (χ2v) is 9.65. The zero-order valence-electron chi connectivity index (χ0n) is 19.9.